The number of rotatable bonds is 2. The number of benzene rings is 1. The van der Waals surface area contributed by atoms with Crippen LogP contribution in [0.15, 0.2) is 29.1 Å². The highest BCUT2D eigenvalue weighted by atomic mass is 32.1. The zero-order valence-corrected chi connectivity index (χ0v) is 9.29. The second-order valence-corrected chi connectivity index (χ2v) is 3.82. The van der Waals surface area contributed by atoms with Crippen LogP contribution in [0.25, 0.3) is 0 Å². The summed E-state index contributed by atoms with van der Waals surface area (Å²) >= 11 is 1.28. The number of anilines is 1. The molecule has 0 radical (unpaired) electrons. The lowest BCUT2D eigenvalue weighted by Crippen LogP contribution is -2.13. The Kier molecular flexibility index (Phi) is 3.12. The Bertz CT molecular complexity index is 589. The number of amides is 1. The van der Waals surface area contributed by atoms with Crippen molar-refractivity contribution >= 4 is 22.9 Å². The predicted octanol–water partition coefficient (Wildman–Crippen LogP) is 2.41. The number of hydrogen-bond donors (Lipinski definition) is 1. The van der Waals surface area contributed by atoms with Gasteiger partial charge >= 0.3 is 0 Å². The molecular weight excluding hydrogens is 241 g/mol. The van der Waals surface area contributed by atoms with Crippen molar-refractivity contribution in [2.75, 3.05) is 5.32 Å². The molecule has 1 N–H and O–H groups in total. The van der Waals surface area contributed by atoms with Crippen LogP contribution in [0.1, 0.15) is 16.1 Å². The van der Waals surface area contributed by atoms with Gasteiger partial charge in [-0.05, 0) is 12.1 Å². The van der Waals surface area contributed by atoms with Crippen LogP contribution in [-0.4, -0.2) is 10.9 Å². The van der Waals surface area contributed by atoms with Crippen molar-refractivity contribution in [1.82, 2.24) is 4.98 Å². The molecule has 0 spiro atoms. The van der Waals surface area contributed by atoms with Gasteiger partial charge < -0.3 is 5.32 Å². The van der Waals surface area contributed by atoms with Gasteiger partial charge in [-0.1, -0.05) is 6.07 Å². The van der Waals surface area contributed by atoms with Crippen LogP contribution in [0.4, 0.5) is 10.1 Å². The number of nitriles is 1. The lowest BCUT2D eigenvalue weighted by molar-refractivity contribution is 0.102. The van der Waals surface area contributed by atoms with Crippen molar-refractivity contribution in [2.45, 2.75) is 0 Å². The Morgan fingerprint density at radius 1 is 1.53 bits per heavy atom. The van der Waals surface area contributed by atoms with Crippen LogP contribution in [0.5, 0.6) is 0 Å². The van der Waals surface area contributed by atoms with E-state index in [0.29, 0.717) is 0 Å². The van der Waals surface area contributed by atoms with E-state index in [1.54, 1.807) is 11.4 Å². The molecule has 0 saturated carbocycles. The van der Waals surface area contributed by atoms with E-state index in [1.165, 1.54) is 29.0 Å². The van der Waals surface area contributed by atoms with Gasteiger partial charge in [0.2, 0.25) is 0 Å². The molecule has 1 aromatic heterocycles. The van der Waals surface area contributed by atoms with Gasteiger partial charge in [0.25, 0.3) is 5.91 Å². The SMILES string of the molecule is N#Cc1c(F)cccc1NC(=O)c1cscn1. The molecule has 1 heterocycles. The van der Waals surface area contributed by atoms with E-state index in [1.807, 2.05) is 0 Å². The summed E-state index contributed by atoms with van der Waals surface area (Å²) in [6.45, 7) is 0. The van der Waals surface area contributed by atoms with E-state index in [4.69, 9.17) is 5.26 Å². The third-order valence-corrected chi connectivity index (χ3v) is 2.63. The van der Waals surface area contributed by atoms with Crippen LogP contribution in [0.2, 0.25) is 0 Å². The Hall–Kier alpha value is -2.26. The van der Waals surface area contributed by atoms with Crippen LogP contribution in [-0.2, 0) is 0 Å². The monoisotopic (exact) mass is 247 g/mol. The minimum Gasteiger partial charge on any atom is -0.319 e. The van der Waals surface area contributed by atoms with Crippen molar-refractivity contribution in [2.24, 2.45) is 0 Å². The van der Waals surface area contributed by atoms with Crippen molar-refractivity contribution in [3.8, 4) is 6.07 Å². The van der Waals surface area contributed by atoms with Crippen LogP contribution in [0.3, 0.4) is 0 Å². The Balaban J connectivity index is 2.29. The van der Waals surface area contributed by atoms with Crippen molar-refractivity contribution in [3.05, 3.63) is 46.2 Å². The number of hydrogen-bond acceptors (Lipinski definition) is 4. The fourth-order valence-corrected chi connectivity index (χ4v) is 1.79. The third-order valence-electron chi connectivity index (χ3n) is 2.04. The van der Waals surface area contributed by atoms with Crippen molar-refractivity contribution in [1.29, 1.82) is 5.26 Å². The molecular formula is C11H6FN3OS. The lowest BCUT2D eigenvalue weighted by Gasteiger charge is -2.05. The first-order valence-corrected chi connectivity index (χ1v) is 5.55. The van der Waals surface area contributed by atoms with Gasteiger partial charge in [-0.15, -0.1) is 11.3 Å². The Morgan fingerprint density at radius 2 is 2.35 bits per heavy atom. The minimum atomic E-state index is -0.663. The maximum atomic E-state index is 13.3. The van der Waals surface area contributed by atoms with E-state index in [2.05, 4.69) is 10.3 Å². The topological polar surface area (TPSA) is 65.8 Å². The number of carbonyl (C=O) groups is 1. The number of nitrogens with one attached hydrogen (secondary N) is 1. The largest absolute Gasteiger partial charge is 0.319 e. The molecule has 0 fully saturated rings. The number of thiazole rings is 1. The molecule has 0 aliphatic carbocycles. The van der Waals surface area contributed by atoms with Gasteiger partial charge in [0.05, 0.1) is 11.2 Å². The molecule has 0 aliphatic rings. The van der Waals surface area contributed by atoms with Gasteiger partial charge in [-0.3, -0.25) is 4.79 Å². The van der Waals surface area contributed by atoms with Crippen LogP contribution in [0, 0.1) is 17.1 Å². The number of carbonyl (C=O) groups excluding carboxylic acids is 1. The highest BCUT2D eigenvalue weighted by Crippen LogP contribution is 2.18. The minimum absolute atomic E-state index is 0.144. The zero-order valence-electron chi connectivity index (χ0n) is 8.48. The van der Waals surface area contributed by atoms with Gasteiger partial charge in [0.1, 0.15) is 23.1 Å². The summed E-state index contributed by atoms with van der Waals surface area (Å²) in [5.74, 6) is -1.13. The van der Waals surface area contributed by atoms with Gasteiger partial charge in [0, 0.05) is 5.38 Å². The van der Waals surface area contributed by atoms with Crippen molar-refractivity contribution in [3.63, 3.8) is 0 Å². The van der Waals surface area contributed by atoms with E-state index in [9.17, 15) is 9.18 Å². The number of aromatic nitrogens is 1. The van der Waals surface area contributed by atoms with E-state index >= 15 is 0 Å². The highest BCUT2D eigenvalue weighted by molar-refractivity contribution is 7.07. The maximum absolute atomic E-state index is 13.3. The van der Waals surface area contributed by atoms with Crippen molar-refractivity contribution < 1.29 is 9.18 Å². The fourth-order valence-electron chi connectivity index (χ4n) is 1.25. The average molecular weight is 247 g/mol. The van der Waals surface area contributed by atoms with Gasteiger partial charge in [-0.25, -0.2) is 9.37 Å². The Labute approximate surface area is 100 Å². The molecule has 0 bridgehead atoms. The van der Waals surface area contributed by atoms with E-state index in [-0.39, 0.29) is 16.9 Å². The predicted molar refractivity (Wildman–Crippen MR) is 61.2 cm³/mol. The summed E-state index contributed by atoms with van der Waals surface area (Å²) < 4.78 is 13.3. The summed E-state index contributed by atoms with van der Waals surface area (Å²) in [7, 11) is 0. The molecule has 17 heavy (non-hydrogen) atoms. The molecule has 1 aromatic carbocycles. The summed E-state index contributed by atoms with van der Waals surface area (Å²) in [6, 6.07) is 5.76. The second-order valence-electron chi connectivity index (χ2n) is 3.10. The van der Waals surface area contributed by atoms with Crippen LogP contribution >= 0.6 is 11.3 Å². The Morgan fingerprint density at radius 3 is 3.00 bits per heavy atom. The standard InChI is InChI=1S/C11H6FN3OS/c12-8-2-1-3-9(7(8)4-13)15-11(16)10-5-17-6-14-10/h1-3,5-6H,(H,15,16). The summed E-state index contributed by atoms with van der Waals surface area (Å²) in [4.78, 5) is 15.5. The first-order chi connectivity index (χ1) is 8.22. The first-order valence-electron chi connectivity index (χ1n) is 4.60. The normalized spacial score (nSPS) is 9.65. The molecule has 0 saturated heterocycles. The maximum Gasteiger partial charge on any atom is 0.275 e. The van der Waals surface area contributed by atoms with Crippen LogP contribution < -0.4 is 5.32 Å². The molecule has 0 atom stereocenters. The van der Waals surface area contributed by atoms with Gasteiger partial charge in [0.15, 0.2) is 0 Å². The van der Waals surface area contributed by atoms with E-state index < -0.39 is 11.7 Å². The smallest absolute Gasteiger partial charge is 0.275 e. The summed E-state index contributed by atoms with van der Waals surface area (Å²) in [5, 5.41) is 12.8. The molecule has 2 rings (SSSR count). The fraction of sp³-hybridized carbons (Fsp3) is 0. The molecule has 4 nitrogen and oxygen atoms in total. The molecule has 2 aromatic rings. The molecule has 1 amide bonds. The lowest BCUT2D eigenvalue weighted by atomic mass is 10.2. The molecule has 6 heteroatoms. The summed E-state index contributed by atoms with van der Waals surface area (Å²) in [5.41, 5.74) is 1.72. The number of halogens is 1. The second kappa shape index (κ2) is 4.72. The third kappa shape index (κ3) is 2.29. The summed E-state index contributed by atoms with van der Waals surface area (Å²) in [6.07, 6.45) is 0. The quantitative estimate of drug-likeness (QED) is 0.886. The molecule has 0 unspecified atom stereocenters. The molecule has 0 aliphatic heterocycles. The van der Waals surface area contributed by atoms with Gasteiger partial charge in [-0.2, -0.15) is 5.26 Å². The molecule has 84 valence electrons. The number of nitrogens with zero attached hydrogens (tertiary/aromatic N) is 2. The first kappa shape index (κ1) is 11.2. The zero-order chi connectivity index (χ0) is 12.3. The van der Waals surface area contributed by atoms with E-state index in [0.717, 1.165) is 6.07 Å². The average Bonchev–Trinajstić information content (AvgIpc) is 2.82. The highest BCUT2D eigenvalue weighted by Gasteiger charge is 2.12.